The minimum absolute atomic E-state index is 0. The van der Waals surface area contributed by atoms with E-state index in [0.29, 0.717) is 6.42 Å². The van der Waals surface area contributed by atoms with Crippen LogP contribution < -0.4 is 0 Å². The van der Waals surface area contributed by atoms with E-state index in [2.05, 4.69) is 6.92 Å². The Labute approximate surface area is 137 Å². The molecule has 122 valence electrons. The van der Waals surface area contributed by atoms with Crippen molar-refractivity contribution in [2.24, 2.45) is 0 Å². The summed E-state index contributed by atoms with van der Waals surface area (Å²) in [5, 5.41) is 0. The first-order chi connectivity index (χ1) is 9.31. The summed E-state index contributed by atoms with van der Waals surface area (Å²) in [6.07, 6.45) is 18.2. The molecular weight excluding hydrogens is 291 g/mol. The molecule has 3 heteroatoms. The number of carbonyl (C=O) groups excluding carboxylic acids is 1. The van der Waals surface area contributed by atoms with Crippen molar-refractivity contribution >= 4 is 29.8 Å². The van der Waals surface area contributed by atoms with Gasteiger partial charge >= 0.3 is 0 Å². The smallest absolute Gasteiger partial charge is 0.147 e. The topological polar surface area (TPSA) is 17.1 Å². The Bertz CT molecular complexity index is 195. The maximum atomic E-state index is 11.0. The van der Waals surface area contributed by atoms with E-state index < -0.39 is 0 Å². The molecule has 0 N–H and O–H groups in total. The fourth-order valence-electron chi connectivity index (χ4n) is 2.41. The number of halogens is 2. The van der Waals surface area contributed by atoms with Crippen LogP contribution in [0.1, 0.15) is 96.8 Å². The molecular formula is C17H34Cl2O. The van der Waals surface area contributed by atoms with E-state index in [1.807, 2.05) is 0 Å². The molecule has 0 atom stereocenters. The molecule has 0 aromatic heterocycles. The molecule has 0 saturated heterocycles. The van der Waals surface area contributed by atoms with E-state index in [4.69, 9.17) is 11.6 Å². The van der Waals surface area contributed by atoms with Crippen molar-refractivity contribution < 1.29 is 4.79 Å². The monoisotopic (exact) mass is 324 g/mol. The summed E-state index contributed by atoms with van der Waals surface area (Å²) in [5.41, 5.74) is 0. The highest BCUT2D eigenvalue weighted by Gasteiger charge is 1.98. The highest BCUT2D eigenvalue weighted by Crippen LogP contribution is 2.12. The number of hydrogen-bond acceptors (Lipinski definition) is 1. The predicted octanol–water partition coefficient (Wildman–Crippen LogP) is 6.70. The molecule has 0 amide bonds. The molecule has 0 aromatic rings. The van der Waals surface area contributed by atoms with Crippen LogP contribution in [-0.4, -0.2) is 11.7 Å². The average molecular weight is 325 g/mol. The van der Waals surface area contributed by atoms with E-state index in [1.54, 1.807) is 0 Å². The van der Waals surface area contributed by atoms with Crippen LogP contribution in [0.3, 0.4) is 0 Å². The molecule has 0 aliphatic rings. The summed E-state index contributed by atoms with van der Waals surface area (Å²) in [6.45, 7) is 2.27. The van der Waals surface area contributed by atoms with Gasteiger partial charge in [-0.3, -0.25) is 4.79 Å². The quantitative estimate of drug-likeness (QED) is 0.242. The molecule has 0 bridgehead atoms. The van der Waals surface area contributed by atoms with E-state index in [0.717, 1.165) is 6.42 Å². The van der Waals surface area contributed by atoms with Crippen LogP contribution in [0.5, 0.6) is 0 Å². The van der Waals surface area contributed by atoms with Gasteiger partial charge in [0.15, 0.2) is 0 Å². The number of ketones is 1. The van der Waals surface area contributed by atoms with Gasteiger partial charge in [0.2, 0.25) is 0 Å². The van der Waals surface area contributed by atoms with Gasteiger partial charge < -0.3 is 0 Å². The lowest BCUT2D eigenvalue weighted by Gasteiger charge is -2.02. The van der Waals surface area contributed by atoms with Gasteiger partial charge in [-0.1, -0.05) is 84.0 Å². The first-order valence-electron chi connectivity index (χ1n) is 8.39. The Hall–Kier alpha value is 0.250. The number of hydrogen-bond donors (Lipinski definition) is 0. The van der Waals surface area contributed by atoms with Crippen molar-refractivity contribution in [1.82, 2.24) is 0 Å². The van der Waals surface area contributed by atoms with Gasteiger partial charge in [0.05, 0.1) is 5.88 Å². The van der Waals surface area contributed by atoms with E-state index in [1.165, 1.54) is 77.0 Å². The van der Waals surface area contributed by atoms with Crippen molar-refractivity contribution in [2.75, 3.05) is 5.88 Å². The molecule has 0 spiro atoms. The van der Waals surface area contributed by atoms with Gasteiger partial charge in [0, 0.05) is 6.42 Å². The third-order valence-electron chi connectivity index (χ3n) is 3.71. The minimum atomic E-state index is 0. The average Bonchev–Trinajstić information content (AvgIpc) is 2.43. The van der Waals surface area contributed by atoms with Crippen molar-refractivity contribution in [3.8, 4) is 0 Å². The maximum absolute atomic E-state index is 11.0. The number of unbranched alkanes of at least 4 members (excludes halogenated alkanes) is 12. The third-order valence-corrected chi connectivity index (χ3v) is 4.01. The standard InChI is InChI=1S/C17H33ClO.ClH/c1-2-3-4-5-6-7-8-9-10-11-12-13-14-15-17(19)16-18;/h2-16H2,1H3;1H. The molecule has 0 rings (SSSR count). The maximum Gasteiger partial charge on any atom is 0.147 e. The third kappa shape index (κ3) is 18.2. The molecule has 0 aromatic carbocycles. The lowest BCUT2D eigenvalue weighted by Crippen LogP contribution is -1.98. The zero-order chi connectivity index (χ0) is 14.2. The summed E-state index contributed by atoms with van der Waals surface area (Å²) < 4.78 is 0. The zero-order valence-electron chi connectivity index (χ0n) is 13.3. The molecule has 0 aliphatic heterocycles. The van der Waals surface area contributed by atoms with Gasteiger partial charge in [-0.25, -0.2) is 0 Å². The van der Waals surface area contributed by atoms with E-state index in [-0.39, 0.29) is 24.1 Å². The van der Waals surface area contributed by atoms with Crippen LogP contribution in [0.2, 0.25) is 0 Å². The Morgan fingerprint density at radius 3 is 1.40 bits per heavy atom. The first kappa shape index (κ1) is 22.5. The second-order valence-electron chi connectivity index (χ2n) is 5.66. The molecule has 0 heterocycles. The number of alkyl halides is 1. The van der Waals surface area contributed by atoms with Crippen molar-refractivity contribution in [3.63, 3.8) is 0 Å². The van der Waals surface area contributed by atoms with Gasteiger partial charge in [0.25, 0.3) is 0 Å². The summed E-state index contributed by atoms with van der Waals surface area (Å²) >= 11 is 5.45. The molecule has 20 heavy (non-hydrogen) atoms. The molecule has 0 fully saturated rings. The van der Waals surface area contributed by atoms with Crippen LogP contribution in [0.4, 0.5) is 0 Å². The van der Waals surface area contributed by atoms with Crippen LogP contribution in [-0.2, 0) is 4.79 Å². The van der Waals surface area contributed by atoms with Crippen molar-refractivity contribution in [1.29, 1.82) is 0 Å². The Morgan fingerprint density at radius 2 is 1.05 bits per heavy atom. The zero-order valence-corrected chi connectivity index (χ0v) is 14.9. The lowest BCUT2D eigenvalue weighted by molar-refractivity contribution is -0.116. The summed E-state index contributed by atoms with van der Waals surface area (Å²) in [4.78, 5) is 11.0. The number of Topliss-reactive ketones (excluding diaryl/α,β-unsaturated/α-hetero) is 1. The summed E-state index contributed by atoms with van der Waals surface area (Å²) in [6, 6.07) is 0. The minimum Gasteiger partial charge on any atom is -0.298 e. The predicted molar refractivity (Wildman–Crippen MR) is 93.3 cm³/mol. The second-order valence-corrected chi connectivity index (χ2v) is 5.93. The van der Waals surface area contributed by atoms with E-state index >= 15 is 0 Å². The SMILES string of the molecule is CCCCCCCCCCCCCCCC(=O)CCl.Cl. The highest BCUT2D eigenvalue weighted by molar-refractivity contribution is 6.27. The van der Waals surface area contributed by atoms with Crippen LogP contribution in [0, 0.1) is 0 Å². The van der Waals surface area contributed by atoms with Gasteiger partial charge in [0.1, 0.15) is 5.78 Å². The highest BCUT2D eigenvalue weighted by atomic mass is 35.5. The molecule has 0 aliphatic carbocycles. The second kappa shape index (κ2) is 19.2. The van der Waals surface area contributed by atoms with Crippen molar-refractivity contribution in [3.05, 3.63) is 0 Å². The first-order valence-corrected chi connectivity index (χ1v) is 8.92. The van der Waals surface area contributed by atoms with Crippen LogP contribution >= 0.6 is 24.0 Å². The van der Waals surface area contributed by atoms with Crippen LogP contribution in [0.25, 0.3) is 0 Å². The number of rotatable bonds is 15. The van der Waals surface area contributed by atoms with E-state index in [9.17, 15) is 4.79 Å². The Kier molecular flexibility index (Phi) is 21.7. The summed E-state index contributed by atoms with van der Waals surface area (Å²) in [5.74, 6) is 0.392. The summed E-state index contributed by atoms with van der Waals surface area (Å²) in [7, 11) is 0. The van der Waals surface area contributed by atoms with Gasteiger partial charge in [-0.15, -0.1) is 24.0 Å². The fourth-order valence-corrected chi connectivity index (χ4v) is 2.54. The van der Waals surface area contributed by atoms with Gasteiger partial charge in [-0.2, -0.15) is 0 Å². The Morgan fingerprint density at radius 1 is 0.700 bits per heavy atom. The normalized spacial score (nSPS) is 10.3. The van der Waals surface area contributed by atoms with Crippen molar-refractivity contribution in [2.45, 2.75) is 96.8 Å². The largest absolute Gasteiger partial charge is 0.298 e. The van der Waals surface area contributed by atoms with Crippen LogP contribution in [0.15, 0.2) is 0 Å². The van der Waals surface area contributed by atoms with Gasteiger partial charge in [-0.05, 0) is 6.42 Å². The molecule has 0 unspecified atom stereocenters. The number of carbonyl (C=O) groups is 1. The molecule has 0 radical (unpaired) electrons. The molecule has 1 nitrogen and oxygen atoms in total. The molecule has 0 saturated carbocycles. The fraction of sp³-hybridized carbons (Fsp3) is 0.941. The lowest BCUT2D eigenvalue weighted by atomic mass is 10.0. The Balaban J connectivity index is 0.